The number of hydrogen-bond donors (Lipinski definition) is 1. The normalized spacial score (nSPS) is 12.3. The van der Waals surface area contributed by atoms with Crippen molar-refractivity contribution in [2.24, 2.45) is 5.73 Å². The van der Waals surface area contributed by atoms with Gasteiger partial charge < -0.3 is 10.5 Å². The molecule has 0 saturated heterocycles. The molecule has 0 aliphatic carbocycles. The number of methoxy groups -OCH3 is 1. The van der Waals surface area contributed by atoms with Crippen LogP contribution in [-0.2, 0) is 0 Å². The van der Waals surface area contributed by atoms with Crippen molar-refractivity contribution < 1.29 is 4.74 Å². The van der Waals surface area contributed by atoms with Gasteiger partial charge in [-0.15, -0.1) is 6.58 Å². The van der Waals surface area contributed by atoms with Crippen LogP contribution < -0.4 is 10.5 Å². The molecule has 2 rings (SSSR count). The maximum absolute atomic E-state index is 6.16. The molecule has 0 heterocycles. The van der Waals surface area contributed by atoms with E-state index in [-0.39, 0.29) is 6.04 Å². The lowest BCUT2D eigenvalue weighted by Crippen LogP contribution is -2.09. The molecule has 2 N–H and O–H groups in total. The molecule has 0 amide bonds. The van der Waals surface area contributed by atoms with Crippen LogP contribution in [0.15, 0.2) is 49.1 Å². The Kier molecular flexibility index (Phi) is 4.00. The lowest BCUT2D eigenvalue weighted by molar-refractivity contribution is 0.415. The molecule has 2 aromatic carbocycles. The summed E-state index contributed by atoms with van der Waals surface area (Å²) in [5, 5.41) is 2.37. The van der Waals surface area contributed by atoms with Gasteiger partial charge in [0.15, 0.2) is 0 Å². The second-order valence-corrected chi connectivity index (χ2v) is 4.45. The zero-order valence-electron chi connectivity index (χ0n) is 10.7. The molecule has 1 atom stereocenters. The molecule has 0 aliphatic rings. The van der Waals surface area contributed by atoms with Crippen LogP contribution >= 0.6 is 0 Å². The fraction of sp³-hybridized carbons (Fsp3) is 0.250. The van der Waals surface area contributed by atoms with E-state index in [1.807, 2.05) is 18.2 Å². The van der Waals surface area contributed by atoms with Crippen molar-refractivity contribution in [2.75, 3.05) is 7.11 Å². The highest BCUT2D eigenvalue weighted by molar-refractivity contribution is 5.84. The SMILES string of the molecule is C=CCC[C@H](N)c1ccc2cc(OC)ccc2c1. The number of fused-ring (bicyclic) bond motifs is 1. The Hall–Kier alpha value is -1.80. The number of rotatable bonds is 5. The van der Waals surface area contributed by atoms with Crippen LogP contribution in [-0.4, -0.2) is 7.11 Å². The Morgan fingerprint density at radius 3 is 2.67 bits per heavy atom. The second-order valence-electron chi connectivity index (χ2n) is 4.45. The van der Waals surface area contributed by atoms with Crippen LogP contribution in [0.4, 0.5) is 0 Å². The minimum absolute atomic E-state index is 0.0782. The molecule has 2 heteroatoms. The third-order valence-electron chi connectivity index (χ3n) is 3.18. The van der Waals surface area contributed by atoms with E-state index in [1.165, 1.54) is 16.3 Å². The van der Waals surface area contributed by atoms with Crippen LogP contribution in [0.1, 0.15) is 24.4 Å². The summed E-state index contributed by atoms with van der Waals surface area (Å²) >= 11 is 0. The van der Waals surface area contributed by atoms with Gasteiger partial charge in [0.05, 0.1) is 7.11 Å². The Bertz CT molecular complexity index is 548. The quantitative estimate of drug-likeness (QED) is 0.808. The van der Waals surface area contributed by atoms with Crippen molar-refractivity contribution in [3.63, 3.8) is 0 Å². The number of benzene rings is 2. The van der Waals surface area contributed by atoms with Gasteiger partial charge in [0.1, 0.15) is 5.75 Å². The third kappa shape index (κ3) is 2.71. The van der Waals surface area contributed by atoms with E-state index >= 15 is 0 Å². The van der Waals surface area contributed by atoms with E-state index in [4.69, 9.17) is 10.5 Å². The van der Waals surface area contributed by atoms with Gasteiger partial charge in [-0.25, -0.2) is 0 Å². The average Bonchev–Trinajstić information content (AvgIpc) is 2.43. The van der Waals surface area contributed by atoms with Crippen molar-refractivity contribution in [1.82, 2.24) is 0 Å². The summed E-state index contributed by atoms with van der Waals surface area (Å²) in [5.74, 6) is 0.881. The lowest BCUT2D eigenvalue weighted by Gasteiger charge is -2.12. The van der Waals surface area contributed by atoms with Crippen molar-refractivity contribution in [2.45, 2.75) is 18.9 Å². The van der Waals surface area contributed by atoms with E-state index < -0.39 is 0 Å². The number of allylic oxidation sites excluding steroid dienone is 1. The van der Waals surface area contributed by atoms with Gasteiger partial charge in [0.2, 0.25) is 0 Å². The molecule has 18 heavy (non-hydrogen) atoms. The predicted molar refractivity (Wildman–Crippen MR) is 76.9 cm³/mol. The van der Waals surface area contributed by atoms with Crippen molar-refractivity contribution in [3.05, 3.63) is 54.6 Å². The van der Waals surface area contributed by atoms with E-state index in [0.717, 1.165) is 18.6 Å². The van der Waals surface area contributed by atoms with Gasteiger partial charge >= 0.3 is 0 Å². The molecule has 0 bridgehead atoms. The largest absolute Gasteiger partial charge is 0.497 e. The third-order valence-corrected chi connectivity index (χ3v) is 3.18. The summed E-state index contributed by atoms with van der Waals surface area (Å²) in [6.45, 7) is 3.73. The van der Waals surface area contributed by atoms with Gasteiger partial charge in [-0.3, -0.25) is 0 Å². The molecule has 0 fully saturated rings. The van der Waals surface area contributed by atoms with Crippen molar-refractivity contribution in [3.8, 4) is 5.75 Å². The first-order valence-corrected chi connectivity index (χ1v) is 6.19. The molecule has 0 aliphatic heterocycles. The minimum atomic E-state index is 0.0782. The highest BCUT2D eigenvalue weighted by atomic mass is 16.5. The topological polar surface area (TPSA) is 35.2 Å². The Labute approximate surface area is 108 Å². The second kappa shape index (κ2) is 5.69. The molecule has 0 saturated carbocycles. The predicted octanol–water partition coefficient (Wildman–Crippen LogP) is 3.81. The maximum atomic E-state index is 6.16. The smallest absolute Gasteiger partial charge is 0.119 e. The molecule has 0 spiro atoms. The Balaban J connectivity index is 2.29. The van der Waals surface area contributed by atoms with Crippen LogP contribution in [0.3, 0.4) is 0 Å². The first kappa shape index (κ1) is 12.7. The highest BCUT2D eigenvalue weighted by Crippen LogP contribution is 2.25. The number of ether oxygens (including phenoxy) is 1. The van der Waals surface area contributed by atoms with E-state index in [0.29, 0.717) is 0 Å². The molecule has 0 aromatic heterocycles. The standard InChI is InChI=1S/C16H19NO/c1-3-4-5-16(17)14-7-6-13-11-15(18-2)9-8-12(13)10-14/h3,6-11,16H,1,4-5,17H2,2H3/t16-/m0/s1. The van der Waals surface area contributed by atoms with Crippen molar-refractivity contribution in [1.29, 1.82) is 0 Å². The maximum Gasteiger partial charge on any atom is 0.119 e. The first-order chi connectivity index (χ1) is 8.74. The molecule has 0 unspecified atom stereocenters. The van der Waals surface area contributed by atoms with E-state index in [9.17, 15) is 0 Å². The Morgan fingerprint density at radius 1 is 1.22 bits per heavy atom. The lowest BCUT2D eigenvalue weighted by atomic mass is 9.99. The number of hydrogen-bond acceptors (Lipinski definition) is 2. The van der Waals surface area contributed by atoms with Gasteiger partial charge in [-0.2, -0.15) is 0 Å². The summed E-state index contributed by atoms with van der Waals surface area (Å²) in [4.78, 5) is 0. The van der Waals surface area contributed by atoms with Crippen LogP contribution in [0, 0.1) is 0 Å². The first-order valence-electron chi connectivity index (χ1n) is 6.19. The summed E-state index contributed by atoms with van der Waals surface area (Å²) in [6, 6.07) is 12.5. The molecule has 94 valence electrons. The molecule has 2 nitrogen and oxygen atoms in total. The van der Waals surface area contributed by atoms with E-state index in [1.54, 1.807) is 7.11 Å². The van der Waals surface area contributed by atoms with Crippen LogP contribution in [0.5, 0.6) is 5.75 Å². The van der Waals surface area contributed by atoms with Gasteiger partial charge in [-0.05, 0) is 47.4 Å². The zero-order chi connectivity index (χ0) is 13.0. The summed E-state index contributed by atoms with van der Waals surface area (Å²) < 4.78 is 5.22. The highest BCUT2D eigenvalue weighted by Gasteiger charge is 2.06. The van der Waals surface area contributed by atoms with Crippen LogP contribution in [0.2, 0.25) is 0 Å². The molecule has 0 radical (unpaired) electrons. The van der Waals surface area contributed by atoms with Gasteiger partial charge in [0, 0.05) is 6.04 Å². The number of nitrogens with two attached hydrogens (primary N) is 1. The molecular formula is C16H19NO. The van der Waals surface area contributed by atoms with E-state index in [2.05, 4.69) is 30.8 Å². The van der Waals surface area contributed by atoms with Gasteiger partial charge in [-0.1, -0.05) is 24.3 Å². The molecular weight excluding hydrogens is 222 g/mol. The average molecular weight is 241 g/mol. The minimum Gasteiger partial charge on any atom is -0.497 e. The Morgan fingerprint density at radius 2 is 1.94 bits per heavy atom. The zero-order valence-corrected chi connectivity index (χ0v) is 10.7. The fourth-order valence-corrected chi connectivity index (χ4v) is 2.06. The molecule has 2 aromatic rings. The van der Waals surface area contributed by atoms with Crippen molar-refractivity contribution >= 4 is 10.8 Å². The summed E-state index contributed by atoms with van der Waals surface area (Å²) in [5.41, 5.74) is 7.33. The van der Waals surface area contributed by atoms with Crippen LogP contribution in [0.25, 0.3) is 10.8 Å². The van der Waals surface area contributed by atoms with Gasteiger partial charge in [0.25, 0.3) is 0 Å². The summed E-state index contributed by atoms with van der Waals surface area (Å²) in [6.07, 6.45) is 3.79. The fourth-order valence-electron chi connectivity index (χ4n) is 2.06. The summed E-state index contributed by atoms with van der Waals surface area (Å²) in [7, 11) is 1.68. The monoisotopic (exact) mass is 241 g/mol.